The molecule has 1 aliphatic heterocycles. The summed E-state index contributed by atoms with van der Waals surface area (Å²) in [6.07, 6.45) is 5.49. The van der Waals surface area contributed by atoms with E-state index in [1.54, 1.807) is 17.2 Å². The fraction of sp³-hybridized carbons (Fsp3) is 0. The Labute approximate surface area is 211 Å². The standard InChI is InChI=1S/C30H19BrN2O2/c31-24-10-8-21(9-11-24)29-15-13-26(35-29)18-23-19-28(20-5-2-1-3-6-20)33(30(23)34)25-12-14-27-22(17-25)7-4-16-32-27/h1-19H/b23-18+. The summed E-state index contributed by atoms with van der Waals surface area (Å²) >= 11 is 3.46. The lowest BCUT2D eigenvalue weighted by Gasteiger charge is -2.21. The average Bonchev–Trinajstić information content (AvgIpc) is 3.49. The van der Waals surface area contributed by atoms with Crippen molar-refractivity contribution in [1.29, 1.82) is 0 Å². The number of halogens is 1. The van der Waals surface area contributed by atoms with E-state index in [4.69, 9.17) is 4.42 Å². The molecule has 4 nitrogen and oxygen atoms in total. The van der Waals surface area contributed by atoms with Gasteiger partial charge in [-0.15, -0.1) is 0 Å². The van der Waals surface area contributed by atoms with Crippen LogP contribution in [0.25, 0.3) is 34.0 Å². The van der Waals surface area contributed by atoms with E-state index in [1.807, 2.05) is 103 Å². The number of anilines is 1. The minimum Gasteiger partial charge on any atom is -0.457 e. The second-order valence-corrected chi connectivity index (χ2v) is 9.14. The lowest BCUT2D eigenvalue weighted by atomic mass is 10.1. The highest BCUT2D eigenvalue weighted by Crippen LogP contribution is 2.36. The topological polar surface area (TPSA) is 46.3 Å². The number of nitrogens with zero attached hydrogens (tertiary/aromatic N) is 2. The lowest BCUT2D eigenvalue weighted by Crippen LogP contribution is -2.24. The fourth-order valence-electron chi connectivity index (χ4n) is 4.25. The molecular weight excluding hydrogens is 500 g/mol. The Kier molecular flexibility index (Phi) is 5.39. The lowest BCUT2D eigenvalue weighted by molar-refractivity contribution is -0.113. The summed E-state index contributed by atoms with van der Waals surface area (Å²) in [5, 5.41) is 0.979. The number of amides is 1. The second kappa shape index (κ2) is 8.85. The zero-order chi connectivity index (χ0) is 23.8. The van der Waals surface area contributed by atoms with Crippen molar-refractivity contribution in [2.24, 2.45) is 0 Å². The summed E-state index contributed by atoms with van der Waals surface area (Å²) in [5.74, 6) is 1.27. The molecule has 35 heavy (non-hydrogen) atoms. The van der Waals surface area contributed by atoms with Crippen LogP contribution >= 0.6 is 15.9 Å². The maximum absolute atomic E-state index is 13.7. The van der Waals surface area contributed by atoms with Crippen LogP contribution in [-0.4, -0.2) is 10.9 Å². The summed E-state index contributed by atoms with van der Waals surface area (Å²) in [6, 6.07) is 31.5. The molecule has 0 unspecified atom stereocenters. The van der Waals surface area contributed by atoms with Crippen LogP contribution in [0.2, 0.25) is 0 Å². The molecular formula is C30H19BrN2O2. The molecule has 1 aliphatic rings. The Morgan fingerprint density at radius 1 is 0.829 bits per heavy atom. The monoisotopic (exact) mass is 518 g/mol. The van der Waals surface area contributed by atoms with Gasteiger partial charge < -0.3 is 4.42 Å². The van der Waals surface area contributed by atoms with Gasteiger partial charge in [0.25, 0.3) is 5.91 Å². The van der Waals surface area contributed by atoms with E-state index in [0.717, 1.165) is 43.6 Å². The molecule has 0 bridgehead atoms. The van der Waals surface area contributed by atoms with Crippen molar-refractivity contribution >= 4 is 50.2 Å². The van der Waals surface area contributed by atoms with Gasteiger partial charge in [0, 0.05) is 32.9 Å². The van der Waals surface area contributed by atoms with E-state index in [-0.39, 0.29) is 5.91 Å². The molecule has 0 aliphatic carbocycles. The van der Waals surface area contributed by atoms with Crippen LogP contribution in [0.15, 0.2) is 124 Å². The molecule has 0 saturated carbocycles. The van der Waals surface area contributed by atoms with Crippen LogP contribution in [-0.2, 0) is 4.79 Å². The normalized spacial score (nSPS) is 14.7. The van der Waals surface area contributed by atoms with E-state index in [1.165, 1.54) is 0 Å². The third-order valence-electron chi connectivity index (χ3n) is 5.95. The van der Waals surface area contributed by atoms with Gasteiger partial charge >= 0.3 is 0 Å². The number of benzene rings is 3. The first-order valence-electron chi connectivity index (χ1n) is 11.2. The number of hydrogen-bond donors (Lipinski definition) is 0. The number of carbonyl (C=O) groups is 1. The molecule has 0 atom stereocenters. The number of hydrogen-bond acceptors (Lipinski definition) is 3. The van der Waals surface area contributed by atoms with Crippen molar-refractivity contribution < 1.29 is 9.21 Å². The van der Waals surface area contributed by atoms with Gasteiger partial charge in [0.15, 0.2) is 0 Å². The summed E-state index contributed by atoms with van der Waals surface area (Å²) in [5.41, 5.74) is 5.01. The Balaban J connectivity index is 1.41. The van der Waals surface area contributed by atoms with Crippen LogP contribution in [0, 0.1) is 0 Å². The van der Waals surface area contributed by atoms with Gasteiger partial charge in [0.2, 0.25) is 0 Å². The van der Waals surface area contributed by atoms with Crippen molar-refractivity contribution in [2.45, 2.75) is 0 Å². The fourth-order valence-corrected chi connectivity index (χ4v) is 4.51. The summed E-state index contributed by atoms with van der Waals surface area (Å²) in [7, 11) is 0. The molecule has 168 valence electrons. The van der Waals surface area contributed by atoms with Gasteiger partial charge in [-0.05, 0) is 66.2 Å². The molecule has 0 saturated heterocycles. The summed E-state index contributed by atoms with van der Waals surface area (Å²) < 4.78 is 7.07. The third-order valence-corrected chi connectivity index (χ3v) is 6.48. The molecule has 5 aromatic rings. The van der Waals surface area contributed by atoms with E-state index in [9.17, 15) is 4.79 Å². The molecule has 0 radical (unpaired) electrons. The van der Waals surface area contributed by atoms with Crippen LogP contribution in [0.1, 0.15) is 11.3 Å². The predicted molar refractivity (Wildman–Crippen MR) is 143 cm³/mol. The van der Waals surface area contributed by atoms with E-state index >= 15 is 0 Å². The minimum atomic E-state index is -0.103. The number of furan rings is 1. The van der Waals surface area contributed by atoms with Crippen molar-refractivity contribution in [2.75, 3.05) is 4.90 Å². The van der Waals surface area contributed by atoms with Gasteiger partial charge in [0.05, 0.1) is 11.2 Å². The predicted octanol–water partition coefficient (Wildman–Crippen LogP) is 7.73. The van der Waals surface area contributed by atoms with Gasteiger partial charge in [-0.1, -0.05) is 64.5 Å². The van der Waals surface area contributed by atoms with Crippen LogP contribution in [0.5, 0.6) is 0 Å². The number of aromatic nitrogens is 1. The molecule has 2 aromatic heterocycles. The van der Waals surface area contributed by atoms with Gasteiger partial charge in [-0.3, -0.25) is 14.7 Å². The number of rotatable bonds is 4. The first-order valence-corrected chi connectivity index (χ1v) is 12.0. The molecule has 0 N–H and O–H groups in total. The zero-order valence-corrected chi connectivity index (χ0v) is 20.1. The van der Waals surface area contributed by atoms with E-state index in [2.05, 4.69) is 20.9 Å². The highest BCUT2D eigenvalue weighted by molar-refractivity contribution is 9.10. The molecule has 3 heterocycles. The first kappa shape index (κ1) is 21.3. The van der Waals surface area contributed by atoms with Crippen LogP contribution in [0.4, 0.5) is 5.69 Å². The Bertz CT molecular complexity index is 1620. The molecule has 0 fully saturated rings. The van der Waals surface area contributed by atoms with Crippen molar-refractivity contribution in [3.63, 3.8) is 0 Å². The Hall–Kier alpha value is -4.22. The van der Waals surface area contributed by atoms with Crippen molar-refractivity contribution in [3.05, 3.63) is 131 Å². The summed E-state index contributed by atoms with van der Waals surface area (Å²) in [6.45, 7) is 0. The molecule has 6 rings (SSSR count). The number of pyridine rings is 1. The van der Waals surface area contributed by atoms with Crippen molar-refractivity contribution in [1.82, 2.24) is 4.98 Å². The molecule has 1 amide bonds. The molecule has 0 spiro atoms. The smallest absolute Gasteiger partial charge is 0.263 e. The average molecular weight is 519 g/mol. The first-order chi connectivity index (χ1) is 17.2. The quantitative estimate of drug-likeness (QED) is 0.228. The van der Waals surface area contributed by atoms with Crippen molar-refractivity contribution in [3.8, 4) is 11.3 Å². The maximum Gasteiger partial charge on any atom is 0.263 e. The maximum atomic E-state index is 13.7. The third kappa shape index (κ3) is 4.11. The number of fused-ring (bicyclic) bond motifs is 1. The molecule has 3 aromatic carbocycles. The summed E-state index contributed by atoms with van der Waals surface area (Å²) in [4.78, 5) is 19.8. The van der Waals surface area contributed by atoms with Gasteiger partial charge in [-0.25, -0.2) is 0 Å². The Morgan fingerprint density at radius 2 is 1.66 bits per heavy atom. The second-order valence-electron chi connectivity index (χ2n) is 8.23. The zero-order valence-electron chi connectivity index (χ0n) is 18.6. The molecule has 5 heteroatoms. The van der Waals surface area contributed by atoms with Crippen LogP contribution < -0.4 is 4.90 Å². The van der Waals surface area contributed by atoms with Gasteiger partial charge in [0.1, 0.15) is 11.5 Å². The Morgan fingerprint density at radius 3 is 2.49 bits per heavy atom. The largest absolute Gasteiger partial charge is 0.457 e. The highest BCUT2D eigenvalue weighted by atomic mass is 79.9. The van der Waals surface area contributed by atoms with Crippen LogP contribution in [0.3, 0.4) is 0 Å². The number of carbonyl (C=O) groups excluding carboxylic acids is 1. The van der Waals surface area contributed by atoms with E-state index in [0.29, 0.717) is 11.3 Å². The van der Waals surface area contributed by atoms with E-state index < -0.39 is 0 Å². The van der Waals surface area contributed by atoms with Gasteiger partial charge in [-0.2, -0.15) is 0 Å². The SMILES string of the molecule is O=C1/C(=C/c2ccc(-c3ccc(Br)cc3)o2)C=C(c2ccccc2)N1c1ccc2ncccc2c1. The minimum absolute atomic E-state index is 0.103. The highest BCUT2D eigenvalue weighted by Gasteiger charge is 2.30.